The number of hydrogen-bond acceptors (Lipinski definition) is 0. The molecular formula is C122H94. The molecule has 0 heteroatoms. The monoisotopic (exact) mass is 1560 g/mol. The number of hydrogen-bond donors (Lipinski definition) is 0. The van der Waals surface area contributed by atoms with Crippen LogP contribution in [-0.4, -0.2) is 0 Å². The van der Waals surface area contributed by atoms with E-state index in [0.29, 0.717) is 0 Å². The summed E-state index contributed by atoms with van der Waals surface area (Å²) in [6, 6.07) is 167. The molecule has 0 aliphatic rings. The molecule has 0 bridgehead atoms. The second-order valence-corrected chi connectivity index (χ2v) is 30.9. The minimum atomic E-state index is 1.24. The Morgan fingerprint density at radius 2 is 0.295 bits per heavy atom. The first-order valence-electron chi connectivity index (χ1n) is 42.9. The van der Waals surface area contributed by atoms with E-state index in [1.807, 2.05) is 27.7 Å². The van der Waals surface area contributed by atoms with Crippen LogP contribution in [0.2, 0.25) is 0 Å². The highest BCUT2D eigenvalue weighted by molar-refractivity contribution is 6.18. The van der Waals surface area contributed by atoms with Gasteiger partial charge in [-0.2, -0.15) is 0 Å². The van der Waals surface area contributed by atoms with E-state index in [-0.39, 0.29) is 0 Å². The van der Waals surface area contributed by atoms with Gasteiger partial charge in [0.2, 0.25) is 0 Å². The minimum absolute atomic E-state index is 1.24. The van der Waals surface area contributed by atoms with E-state index in [9.17, 15) is 0 Å². The molecule has 0 saturated carbocycles. The maximum atomic E-state index is 2.35. The maximum absolute atomic E-state index is 2.35. The van der Waals surface area contributed by atoms with Crippen molar-refractivity contribution in [3.8, 4) is 89.0 Å². The lowest BCUT2D eigenvalue weighted by atomic mass is 9.87. The van der Waals surface area contributed by atoms with Gasteiger partial charge in [0.15, 0.2) is 0 Å². The Balaban J connectivity index is 0.000000110. The third-order valence-electron chi connectivity index (χ3n) is 24.0. The van der Waals surface area contributed by atoms with Gasteiger partial charge in [0, 0.05) is 0 Å². The molecule has 0 nitrogen and oxygen atoms in total. The molecule has 0 atom stereocenters. The van der Waals surface area contributed by atoms with Crippen molar-refractivity contribution in [3.63, 3.8) is 0 Å². The van der Waals surface area contributed by atoms with Crippen molar-refractivity contribution in [2.24, 2.45) is 0 Å². The van der Waals surface area contributed by atoms with Crippen LogP contribution in [0, 0.1) is 13.8 Å². The predicted octanol–water partition coefficient (Wildman–Crippen LogP) is 35.4. The Labute approximate surface area is 716 Å². The van der Waals surface area contributed by atoms with E-state index in [4.69, 9.17) is 0 Å². The van der Waals surface area contributed by atoms with Crippen molar-refractivity contribution in [3.05, 3.63) is 472 Å². The molecule has 0 saturated heterocycles. The summed E-state index contributed by atoms with van der Waals surface area (Å²) in [6.07, 6.45) is 0. The Morgan fingerprint density at radius 1 is 0.107 bits per heavy atom. The van der Waals surface area contributed by atoms with Crippen molar-refractivity contribution >= 4 is 118 Å². The Kier molecular flexibility index (Phi) is 22.8. The maximum Gasteiger partial charge on any atom is -0.00264 e. The minimum Gasteiger partial charge on any atom is -0.0683 e. The quantitative estimate of drug-likeness (QED) is 0.133. The highest BCUT2D eigenvalue weighted by Crippen LogP contribution is 2.45. The molecule has 23 aromatic rings. The molecule has 0 aliphatic carbocycles. The van der Waals surface area contributed by atoms with Crippen molar-refractivity contribution in [1.29, 1.82) is 0 Å². The van der Waals surface area contributed by atoms with Gasteiger partial charge in [0.1, 0.15) is 0 Å². The summed E-state index contributed by atoms with van der Waals surface area (Å²) >= 11 is 0. The summed E-state index contributed by atoms with van der Waals surface area (Å²) < 4.78 is 0. The van der Waals surface area contributed by atoms with Crippen LogP contribution in [0.3, 0.4) is 0 Å². The van der Waals surface area contributed by atoms with Crippen LogP contribution < -0.4 is 0 Å². The smallest absolute Gasteiger partial charge is 0.00264 e. The molecule has 23 aromatic carbocycles. The van der Waals surface area contributed by atoms with E-state index < -0.39 is 0 Å². The summed E-state index contributed by atoms with van der Waals surface area (Å²) in [5.41, 5.74) is 23.0. The largest absolute Gasteiger partial charge is 0.0683 e. The van der Waals surface area contributed by atoms with E-state index in [0.717, 1.165) is 0 Å². The van der Waals surface area contributed by atoms with E-state index in [1.54, 1.807) is 0 Å². The fraction of sp³-hybridized carbons (Fsp3) is 0.0492. The molecule has 0 aromatic heterocycles. The number of aryl methyl sites for hydroxylation is 2. The lowest BCUT2D eigenvalue weighted by Crippen LogP contribution is -1.90. The molecule has 122 heavy (non-hydrogen) atoms. The standard InChI is InChI=1S/C31H22.2C30H20.C27H20.2C2H6/c1-21-27-10-4-6-12-29(27)31(30-13-7-5-11-28(21)30)24-17-14-23(15-18-24)26-19-16-22-8-2-3-9-25(22)20-26;2*1-2-8-24-19-25(18-15-21(24)7-1)22-13-16-23(17-14-22)30-28-11-5-3-9-26(28)20-27-10-4-6-12-29(27)30;1-19-23-14-8-9-15-25(23)27(21-12-6-3-7-13-21)26-18-22(16-17-24(19)26)20-10-4-2-5-11-20;2*1-2/h2-20H,1H3;2*1-20H;2-18H,1H3;2*1-2H3. The number of fused-ring (bicyclic) bond motifs is 11. The average molecular weight is 1560 g/mol. The second kappa shape index (κ2) is 35.6. The first-order chi connectivity index (χ1) is 60.3. The predicted molar refractivity (Wildman–Crippen MR) is 534 cm³/mol. The van der Waals surface area contributed by atoms with Crippen LogP contribution in [0.4, 0.5) is 0 Å². The van der Waals surface area contributed by atoms with Crippen LogP contribution in [0.1, 0.15) is 38.8 Å². The fourth-order valence-corrected chi connectivity index (χ4v) is 18.0. The van der Waals surface area contributed by atoms with Gasteiger partial charge in [0.05, 0.1) is 0 Å². The summed E-state index contributed by atoms with van der Waals surface area (Å²) in [5.74, 6) is 0. The van der Waals surface area contributed by atoms with Crippen LogP contribution in [0.15, 0.2) is 461 Å². The average Bonchev–Trinajstić information content (AvgIpc) is 0.724. The molecule has 0 N–H and O–H groups in total. The summed E-state index contributed by atoms with van der Waals surface area (Å²) in [7, 11) is 0. The van der Waals surface area contributed by atoms with Crippen LogP contribution >= 0.6 is 0 Å². The van der Waals surface area contributed by atoms with Gasteiger partial charge in [-0.25, -0.2) is 0 Å². The Morgan fingerprint density at radius 3 is 0.615 bits per heavy atom. The molecule has 582 valence electrons. The van der Waals surface area contributed by atoms with E-state index in [2.05, 4.69) is 475 Å². The van der Waals surface area contributed by atoms with Crippen LogP contribution in [0.25, 0.3) is 208 Å². The normalized spacial score (nSPS) is 11.0. The van der Waals surface area contributed by atoms with Crippen molar-refractivity contribution in [1.82, 2.24) is 0 Å². The Hall–Kier alpha value is -15.1. The van der Waals surface area contributed by atoms with E-state index >= 15 is 0 Å². The first kappa shape index (κ1) is 78.1. The van der Waals surface area contributed by atoms with Gasteiger partial charge in [-0.1, -0.05) is 452 Å². The molecular weight excluding hydrogens is 1470 g/mol. The topological polar surface area (TPSA) is 0 Å². The van der Waals surface area contributed by atoms with Gasteiger partial charge in [0.25, 0.3) is 0 Å². The molecule has 0 spiro atoms. The second-order valence-electron chi connectivity index (χ2n) is 30.9. The molecule has 0 heterocycles. The third kappa shape index (κ3) is 15.7. The van der Waals surface area contributed by atoms with Crippen molar-refractivity contribution in [2.45, 2.75) is 41.5 Å². The summed E-state index contributed by atoms with van der Waals surface area (Å²) in [6.45, 7) is 12.5. The molecule has 0 unspecified atom stereocenters. The van der Waals surface area contributed by atoms with Gasteiger partial charge in [-0.3, -0.25) is 0 Å². The highest BCUT2D eigenvalue weighted by atomic mass is 14.2. The van der Waals surface area contributed by atoms with Gasteiger partial charge >= 0.3 is 0 Å². The molecule has 23 rings (SSSR count). The third-order valence-corrected chi connectivity index (χ3v) is 24.0. The zero-order chi connectivity index (χ0) is 82.8. The van der Waals surface area contributed by atoms with Crippen LogP contribution in [0.5, 0.6) is 0 Å². The fourth-order valence-electron chi connectivity index (χ4n) is 18.0. The SMILES string of the molecule is CC.CC.Cc1c2ccccc2c(-c2ccc(-c3ccc4ccccc4c3)cc2)c2ccccc12.Cc1c2ccccc2c(-c2ccccc2)c2cc(-c3ccccc3)ccc12.c1ccc2cc(-c3ccc(-c4c5ccccc5cc5ccccc45)cc3)ccc2c1.c1ccc2cc(-c3ccc(-c4c5ccccc5cc5ccccc45)cc3)ccc2c1. The van der Waals surface area contributed by atoms with E-state index in [1.165, 1.54) is 219 Å². The molecule has 0 aliphatic heterocycles. The first-order valence-corrected chi connectivity index (χ1v) is 42.9. The van der Waals surface area contributed by atoms with Crippen LogP contribution in [-0.2, 0) is 0 Å². The molecule has 0 amide bonds. The molecule has 0 fully saturated rings. The summed E-state index contributed by atoms with van der Waals surface area (Å²) in [5, 5.41) is 28.6. The number of rotatable bonds is 8. The zero-order valence-electron chi connectivity index (χ0n) is 69.9. The molecule has 0 radical (unpaired) electrons. The zero-order valence-corrected chi connectivity index (χ0v) is 69.9. The lowest BCUT2D eigenvalue weighted by Gasteiger charge is -2.16. The summed E-state index contributed by atoms with van der Waals surface area (Å²) in [4.78, 5) is 0. The van der Waals surface area contributed by atoms with Gasteiger partial charge in [-0.15, -0.1) is 0 Å². The highest BCUT2D eigenvalue weighted by Gasteiger charge is 2.18. The van der Waals surface area contributed by atoms with Crippen molar-refractivity contribution < 1.29 is 0 Å². The number of benzene rings is 23. The Bertz CT molecular complexity index is 7300. The lowest BCUT2D eigenvalue weighted by molar-refractivity contribution is 1.50. The van der Waals surface area contributed by atoms with Gasteiger partial charge in [-0.05, 0) is 269 Å². The van der Waals surface area contributed by atoms with Gasteiger partial charge < -0.3 is 0 Å². The van der Waals surface area contributed by atoms with Crippen molar-refractivity contribution in [2.75, 3.05) is 0 Å².